The molecule has 0 saturated carbocycles. The minimum atomic E-state index is -3.98. The molecule has 0 heterocycles. The van der Waals surface area contributed by atoms with Crippen LogP contribution in [0.5, 0.6) is 0 Å². The summed E-state index contributed by atoms with van der Waals surface area (Å²) in [7, 11) is -3.98. The van der Waals surface area contributed by atoms with E-state index in [2.05, 4.69) is 10.0 Å². The zero-order chi connectivity index (χ0) is 17.9. The lowest BCUT2D eigenvalue weighted by Gasteiger charge is -2.15. The van der Waals surface area contributed by atoms with Crippen LogP contribution in [-0.4, -0.2) is 20.4 Å². The molecule has 5 nitrogen and oxygen atoms in total. The average molecular weight is 391 g/mol. The summed E-state index contributed by atoms with van der Waals surface area (Å²) < 4.78 is 39.4. The highest BCUT2D eigenvalue weighted by atomic mass is 35.5. The fourth-order valence-corrected chi connectivity index (χ4v) is 3.51. The molecule has 0 spiro atoms. The lowest BCUT2D eigenvalue weighted by atomic mass is 10.3. The van der Waals surface area contributed by atoms with Crippen LogP contribution in [0.1, 0.15) is 6.92 Å². The Kier molecular flexibility index (Phi) is 5.82. The van der Waals surface area contributed by atoms with Gasteiger partial charge in [0.1, 0.15) is 5.82 Å². The molecule has 2 N–H and O–H groups in total. The number of amides is 1. The van der Waals surface area contributed by atoms with E-state index in [-0.39, 0.29) is 20.6 Å². The van der Waals surface area contributed by atoms with Gasteiger partial charge in [0.25, 0.3) is 0 Å². The number of halogens is 3. The van der Waals surface area contributed by atoms with Crippen molar-refractivity contribution >= 4 is 44.8 Å². The van der Waals surface area contributed by atoms with Gasteiger partial charge in [-0.1, -0.05) is 29.3 Å². The lowest BCUT2D eigenvalue weighted by molar-refractivity contribution is -0.117. The highest BCUT2D eigenvalue weighted by Crippen LogP contribution is 2.29. The summed E-state index contributed by atoms with van der Waals surface area (Å²) in [6, 6.07) is 7.83. The van der Waals surface area contributed by atoms with Crippen LogP contribution in [0.4, 0.5) is 10.1 Å². The van der Waals surface area contributed by atoms with Gasteiger partial charge in [-0.15, -0.1) is 0 Å². The van der Waals surface area contributed by atoms with Gasteiger partial charge >= 0.3 is 0 Å². The van der Waals surface area contributed by atoms with Crippen molar-refractivity contribution in [3.8, 4) is 0 Å². The molecule has 2 aromatic carbocycles. The first kappa shape index (κ1) is 18.7. The molecule has 0 aromatic heterocycles. The number of rotatable bonds is 5. The second-order valence-electron chi connectivity index (χ2n) is 4.88. The van der Waals surface area contributed by atoms with Gasteiger partial charge in [-0.25, -0.2) is 12.8 Å². The number of carbonyl (C=O) groups is 1. The van der Waals surface area contributed by atoms with Crippen molar-refractivity contribution in [2.45, 2.75) is 17.9 Å². The van der Waals surface area contributed by atoms with Crippen LogP contribution in [0.25, 0.3) is 0 Å². The summed E-state index contributed by atoms with van der Waals surface area (Å²) in [5, 5.41) is 2.92. The van der Waals surface area contributed by atoms with E-state index in [1.54, 1.807) is 6.07 Å². The molecule has 0 aliphatic carbocycles. The second-order valence-corrected chi connectivity index (χ2v) is 7.41. The van der Waals surface area contributed by atoms with Gasteiger partial charge in [-0.3, -0.25) is 4.79 Å². The molecule has 2 rings (SSSR count). The lowest BCUT2D eigenvalue weighted by Crippen LogP contribution is -2.41. The predicted molar refractivity (Wildman–Crippen MR) is 91.3 cm³/mol. The Morgan fingerprint density at radius 2 is 1.62 bits per heavy atom. The van der Waals surface area contributed by atoms with Gasteiger partial charge in [-0.05, 0) is 43.3 Å². The molecule has 1 amide bonds. The molecule has 0 unspecified atom stereocenters. The van der Waals surface area contributed by atoms with Crippen LogP contribution in [0.2, 0.25) is 10.0 Å². The zero-order valence-corrected chi connectivity index (χ0v) is 14.7. The maximum absolute atomic E-state index is 12.9. The summed E-state index contributed by atoms with van der Waals surface area (Å²) >= 11 is 11.9. The topological polar surface area (TPSA) is 75.3 Å². The van der Waals surface area contributed by atoms with Crippen molar-refractivity contribution in [2.24, 2.45) is 0 Å². The molecule has 2 aromatic rings. The Morgan fingerprint density at radius 3 is 2.17 bits per heavy atom. The third kappa shape index (κ3) is 4.45. The van der Waals surface area contributed by atoms with Gasteiger partial charge < -0.3 is 5.32 Å². The van der Waals surface area contributed by atoms with E-state index in [9.17, 15) is 17.6 Å². The summed E-state index contributed by atoms with van der Waals surface area (Å²) in [5.41, 5.74) is 0.193. The van der Waals surface area contributed by atoms with Gasteiger partial charge in [0.05, 0.1) is 26.7 Å². The number of para-hydroxylation sites is 1. The summed E-state index contributed by atoms with van der Waals surface area (Å²) in [4.78, 5) is 12.0. The first-order chi connectivity index (χ1) is 11.2. The van der Waals surface area contributed by atoms with E-state index in [4.69, 9.17) is 23.2 Å². The fraction of sp³-hybridized carbons (Fsp3) is 0.133. The van der Waals surface area contributed by atoms with Gasteiger partial charge in [0.2, 0.25) is 15.9 Å². The van der Waals surface area contributed by atoms with Crippen molar-refractivity contribution in [3.05, 3.63) is 58.3 Å². The predicted octanol–water partition coefficient (Wildman–Crippen LogP) is 3.44. The fourth-order valence-electron chi connectivity index (χ4n) is 1.82. The monoisotopic (exact) mass is 390 g/mol. The van der Waals surface area contributed by atoms with Crippen molar-refractivity contribution in [1.29, 1.82) is 0 Å². The Bertz CT molecular complexity index is 837. The van der Waals surface area contributed by atoms with Crippen molar-refractivity contribution in [1.82, 2.24) is 4.72 Å². The molecule has 24 heavy (non-hydrogen) atoms. The summed E-state index contributed by atoms with van der Waals surface area (Å²) in [6.07, 6.45) is 0. The molecular formula is C15H13Cl2FN2O3S. The largest absolute Gasteiger partial charge is 0.322 e. The quantitative estimate of drug-likeness (QED) is 0.820. The molecule has 0 saturated heterocycles. The molecule has 1 atom stereocenters. The van der Waals surface area contributed by atoms with Crippen LogP contribution < -0.4 is 10.0 Å². The summed E-state index contributed by atoms with van der Waals surface area (Å²) in [6.45, 7) is 1.36. The van der Waals surface area contributed by atoms with E-state index in [1.807, 2.05) is 0 Å². The number of benzene rings is 2. The van der Waals surface area contributed by atoms with Gasteiger partial charge in [0.15, 0.2) is 0 Å². The molecular weight excluding hydrogens is 378 g/mol. The Hall–Kier alpha value is -1.67. The van der Waals surface area contributed by atoms with E-state index < -0.39 is 27.8 Å². The maximum atomic E-state index is 12.9. The minimum absolute atomic E-state index is 0.153. The molecule has 128 valence electrons. The van der Waals surface area contributed by atoms with E-state index in [0.29, 0.717) is 0 Å². The Morgan fingerprint density at radius 1 is 1.08 bits per heavy atom. The van der Waals surface area contributed by atoms with E-state index in [0.717, 1.165) is 24.3 Å². The first-order valence-electron chi connectivity index (χ1n) is 6.73. The third-order valence-corrected chi connectivity index (χ3v) is 5.25. The average Bonchev–Trinajstić information content (AvgIpc) is 2.51. The van der Waals surface area contributed by atoms with Crippen LogP contribution in [0.3, 0.4) is 0 Å². The van der Waals surface area contributed by atoms with Crippen LogP contribution in [0, 0.1) is 5.82 Å². The number of anilines is 1. The van der Waals surface area contributed by atoms with Crippen LogP contribution in [0.15, 0.2) is 47.4 Å². The van der Waals surface area contributed by atoms with Crippen molar-refractivity contribution < 1.29 is 17.6 Å². The molecule has 9 heteroatoms. The molecule has 0 radical (unpaired) electrons. The van der Waals surface area contributed by atoms with Crippen molar-refractivity contribution in [3.63, 3.8) is 0 Å². The number of hydrogen-bond donors (Lipinski definition) is 2. The normalized spacial score (nSPS) is 12.7. The second kappa shape index (κ2) is 7.48. The Labute approximate surface area is 148 Å². The molecule has 0 fully saturated rings. The highest BCUT2D eigenvalue weighted by molar-refractivity contribution is 7.89. The number of carbonyl (C=O) groups excluding carboxylic acids is 1. The zero-order valence-electron chi connectivity index (χ0n) is 12.4. The molecule has 0 aliphatic rings. The SMILES string of the molecule is C[C@@H](NS(=O)(=O)c1ccc(F)cc1)C(=O)Nc1c(Cl)cccc1Cl. The number of sulfonamides is 1. The third-order valence-electron chi connectivity index (χ3n) is 3.06. The smallest absolute Gasteiger partial charge is 0.242 e. The standard InChI is InChI=1S/C15H13Cl2FN2O3S/c1-9(15(21)19-14-12(16)3-2-4-13(14)17)20-24(22,23)11-7-5-10(18)6-8-11/h2-9,20H,1H3,(H,19,21)/t9-/m1/s1. The van der Waals surface area contributed by atoms with Crippen LogP contribution in [-0.2, 0) is 14.8 Å². The maximum Gasteiger partial charge on any atom is 0.242 e. The van der Waals surface area contributed by atoms with Gasteiger partial charge in [-0.2, -0.15) is 4.72 Å². The Balaban J connectivity index is 2.12. The van der Waals surface area contributed by atoms with Gasteiger partial charge in [0, 0.05) is 0 Å². The van der Waals surface area contributed by atoms with E-state index >= 15 is 0 Å². The molecule has 0 aliphatic heterocycles. The number of hydrogen-bond acceptors (Lipinski definition) is 3. The highest BCUT2D eigenvalue weighted by Gasteiger charge is 2.23. The minimum Gasteiger partial charge on any atom is -0.322 e. The van der Waals surface area contributed by atoms with Crippen LogP contribution >= 0.6 is 23.2 Å². The molecule has 0 bridgehead atoms. The van der Waals surface area contributed by atoms with E-state index in [1.165, 1.54) is 19.1 Å². The summed E-state index contributed by atoms with van der Waals surface area (Å²) in [5.74, 6) is -1.20. The van der Waals surface area contributed by atoms with Crippen molar-refractivity contribution in [2.75, 3.05) is 5.32 Å². The number of nitrogens with one attached hydrogen (secondary N) is 2. The first-order valence-corrected chi connectivity index (χ1v) is 8.97.